The number of thiophene rings is 1. The minimum Gasteiger partial charge on any atom is -0.351 e. The summed E-state index contributed by atoms with van der Waals surface area (Å²) in [6, 6.07) is 2.12. The molecule has 0 saturated carbocycles. The molecule has 2 aliphatic rings. The van der Waals surface area contributed by atoms with Gasteiger partial charge in [0.25, 0.3) is 0 Å². The number of alkyl halides is 3. The number of piperidine rings is 1. The lowest BCUT2D eigenvalue weighted by atomic mass is 10.0. The molecule has 1 atom stereocenters. The van der Waals surface area contributed by atoms with E-state index in [1.807, 2.05) is 18.7 Å². The molecule has 3 aromatic rings. The first kappa shape index (κ1) is 25.7. The summed E-state index contributed by atoms with van der Waals surface area (Å²) in [5.74, 6) is 0.539. The Kier molecular flexibility index (Phi) is 6.99. The molecule has 0 spiro atoms. The summed E-state index contributed by atoms with van der Waals surface area (Å²) >= 11 is 1.63. The predicted octanol–water partition coefficient (Wildman–Crippen LogP) is 4.02. The topological polar surface area (TPSA) is 92.1 Å². The zero-order valence-corrected chi connectivity index (χ0v) is 22.0. The van der Waals surface area contributed by atoms with Gasteiger partial charge in [0, 0.05) is 43.0 Å². The molecule has 1 fully saturated rings. The molecule has 1 saturated heterocycles. The summed E-state index contributed by atoms with van der Waals surface area (Å²) in [6.07, 6.45) is -0.822. The van der Waals surface area contributed by atoms with Crippen LogP contribution >= 0.6 is 11.3 Å². The van der Waals surface area contributed by atoms with Crippen molar-refractivity contribution in [3.8, 4) is 0 Å². The Hall–Kier alpha value is -2.96. The van der Waals surface area contributed by atoms with Gasteiger partial charge in [0.15, 0.2) is 5.82 Å². The van der Waals surface area contributed by atoms with Gasteiger partial charge in [-0.05, 0) is 25.3 Å². The third-order valence-electron chi connectivity index (χ3n) is 6.79. The highest BCUT2D eigenvalue weighted by Gasteiger charge is 2.40. The Balaban J connectivity index is 1.47. The predicted molar refractivity (Wildman–Crippen MR) is 136 cm³/mol. The van der Waals surface area contributed by atoms with Crippen LogP contribution in [0.5, 0.6) is 0 Å². The van der Waals surface area contributed by atoms with E-state index in [1.54, 1.807) is 11.3 Å². The molecule has 0 bridgehead atoms. The SMILES string of the molecule is CCCc1cc2c(N3CCn4c(nnc4C(F)(F)F)C3)nc(N3CCC[C@H](NC(=O)C(C)C)C3)nc2s1. The fourth-order valence-corrected chi connectivity index (χ4v) is 6.01. The molecular formula is C24H31F3N8OS. The number of aryl methyl sites for hydroxylation is 1. The number of nitrogens with one attached hydrogen (secondary N) is 1. The number of hydrogen-bond acceptors (Lipinski definition) is 8. The lowest BCUT2D eigenvalue weighted by molar-refractivity contribution is -0.147. The number of carbonyl (C=O) groups is 1. The third kappa shape index (κ3) is 5.23. The zero-order valence-electron chi connectivity index (χ0n) is 21.2. The normalized spacial score (nSPS) is 18.5. The number of aromatic nitrogens is 5. The molecule has 200 valence electrons. The Labute approximate surface area is 217 Å². The Morgan fingerprint density at radius 2 is 2.00 bits per heavy atom. The number of nitrogens with zero attached hydrogens (tertiary/aromatic N) is 7. The van der Waals surface area contributed by atoms with E-state index in [0.29, 0.717) is 24.9 Å². The van der Waals surface area contributed by atoms with E-state index >= 15 is 0 Å². The van der Waals surface area contributed by atoms with Gasteiger partial charge in [0.05, 0.1) is 11.9 Å². The van der Waals surface area contributed by atoms with Crippen LogP contribution in [0.1, 0.15) is 56.6 Å². The maximum absolute atomic E-state index is 13.3. The number of amides is 1. The standard InChI is InChI=1S/C24H31F3N8OS/c1-4-6-16-11-17-19(33-9-10-35-18(13-33)31-32-22(35)24(25,26)27)29-23(30-21(17)37-16)34-8-5-7-15(12-34)28-20(36)14(2)3/h11,14-15H,4-10,12-13H2,1-3H3,(H,28,36)/t15-/m0/s1. The van der Waals surface area contributed by atoms with Crippen molar-refractivity contribution in [2.75, 3.05) is 29.4 Å². The molecule has 1 N–H and O–H groups in total. The van der Waals surface area contributed by atoms with E-state index in [0.717, 1.165) is 47.0 Å². The summed E-state index contributed by atoms with van der Waals surface area (Å²) in [4.78, 5) is 28.3. The average molecular weight is 537 g/mol. The number of fused-ring (bicyclic) bond motifs is 2. The molecule has 13 heteroatoms. The van der Waals surface area contributed by atoms with Crippen molar-refractivity contribution in [2.45, 2.75) is 71.8 Å². The summed E-state index contributed by atoms with van der Waals surface area (Å²) in [5, 5.41) is 11.3. The van der Waals surface area contributed by atoms with Gasteiger partial charge in [-0.15, -0.1) is 21.5 Å². The van der Waals surface area contributed by atoms with Crippen LogP contribution in [0.2, 0.25) is 0 Å². The van der Waals surface area contributed by atoms with Gasteiger partial charge < -0.3 is 19.7 Å². The van der Waals surface area contributed by atoms with E-state index in [9.17, 15) is 18.0 Å². The summed E-state index contributed by atoms with van der Waals surface area (Å²) < 4.78 is 41.2. The summed E-state index contributed by atoms with van der Waals surface area (Å²) in [6.45, 7) is 7.91. The van der Waals surface area contributed by atoms with Gasteiger partial charge in [-0.25, -0.2) is 4.98 Å². The molecule has 0 aliphatic carbocycles. The highest BCUT2D eigenvalue weighted by molar-refractivity contribution is 7.18. The molecule has 9 nitrogen and oxygen atoms in total. The third-order valence-corrected chi connectivity index (χ3v) is 7.88. The van der Waals surface area contributed by atoms with Crippen molar-refractivity contribution in [1.82, 2.24) is 30.0 Å². The molecule has 2 aliphatic heterocycles. The average Bonchev–Trinajstić information content (AvgIpc) is 3.47. The van der Waals surface area contributed by atoms with Crippen LogP contribution in [-0.2, 0) is 30.5 Å². The molecule has 5 heterocycles. The minimum atomic E-state index is -4.54. The first-order chi connectivity index (χ1) is 17.6. The van der Waals surface area contributed by atoms with E-state index < -0.39 is 12.0 Å². The Morgan fingerprint density at radius 1 is 1.19 bits per heavy atom. The molecule has 0 aromatic carbocycles. The quantitative estimate of drug-likeness (QED) is 0.509. The van der Waals surface area contributed by atoms with Gasteiger partial charge in [-0.3, -0.25) is 4.79 Å². The van der Waals surface area contributed by atoms with Gasteiger partial charge in [0.1, 0.15) is 10.6 Å². The van der Waals surface area contributed by atoms with Crippen LogP contribution in [-0.4, -0.2) is 56.3 Å². The van der Waals surface area contributed by atoms with Gasteiger partial charge in [-0.1, -0.05) is 27.2 Å². The second-order valence-electron chi connectivity index (χ2n) is 9.99. The Morgan fingerprint density at radius 3 is 2.73 bits per heavy atom. The maximum atomic E-state index is 13.3. The Bertz CT molecular complexity index is 1290. The van der Waals surface area contributed by atoms with E-state index in [-0.39, 0.29) is 36.8 Å². The number of halogens is 3. The molecule has 0 radical (unpaired) electrons. The zero-order chi connectivity index (χ0) is 26.3. The van der Waals surface area contributed by atoms with E-state index in [2.05, 4.69) is 33.4 Å². The number of anilines is 2. The second-order valence-corrected chi connectivity index (χ2v) is 11.1. The van der Waals surface area contributed by atoms with Crippen molar-refractivity contribution in [2.24, 2.45) is 5.92 Å². The maximum Gasteiger partial charge on any atom is 0.451 e. The molecule has 5 rings (SSSR count). The number of hydrogen-bond donors (Lipinski definition) is 1. The van der Waals surface area contributed by atoms with Crippen molar-refractivity contribution < 1.29 is 18.0 Å². The highest BCUT2D eigenvalue weighted by Crippen LogP contribution is 2.36. The van der Waals surface area contributed by atoms with Gasteiger partial charge >= 0.3 is 6.18 Å². The van der Waals surface area contributed by atoms with Crippen LogP contribution in [0.3, 0.4) is 0 Å². The van der Waals surface area contributed by atoms with Crippen molar-refractivity contribution in [1.29, 1.82) is 0 Å². The van der Waals surface area contributed by atoms with Crippen LogP contribution in [0.4, 0.5) is 24.9 Å². The van der Waals surface area contributed by atoms with Crippen LogP contribution in [0, 0.1) is 5.92 Å². The largest absolute Gasteiger partial charge is 0.451 e. The van der Waals surface area contributed by atoms with Crippen LogP contribution in [0.15, 0.2) is 6.07 Å². The van der Waals surface area contributed by atoms with Crippen molar-refractivity contribution >= 4 is 39.2 Å². The summed E-state index contributed by atoms with van der Waals surface area (Å²) in [7, 11) is 0. The first-order valence-corrected chi connectivity index (χ1v) is 13.6. The smallest absolute Gasteiger partial charge is 0.351 e. The second kappa shape index (κ2) is 10.1. The fourth-order valence-electron chi connectivity index (χ4n) is 4.89. The minimum absolute atomic E-state index is 0.0136. The van der Waals surface area contributed by atoms with Crippen molar-refractivity contribution in [3.05, 3.63) is 22.6 Å². The number of carbonyl (C=O) groups excluding carboxylic acids is 1. The molecule has 1 amide bonds. The van der Waals surface area contributed by atoms with Gasteiger partial charge in [-0.2, -0.15) is 18.2 Å². The lowest BCUT2D eigenvalue weighted by Gasteiger charge is -2.34. The number of rotatable bonds is 6. The molecule has 0 unspecified atom stereocenters. The van der Waals surface area contributed by atoms with Gasteiger partial charge in [0.2, 0.25) is 17.7 Å². The molecule has 37 heavy (non-hydrogen) atoms. The van der Waals surface area contributed by atoms with E-state index in [1.165, 1.54) is 4.88 Å². The monoisotopic (exact) mass is 536 g/mol. The fraction of sp³-hybridized carbons (Fsp3) is 0.625. The lowest BCUT2D eigenvalue weighted by Crippen LogP contribution is -2.49. The first-order valence-electron chi connectivity index (χ1n) is 12.7. The van der Waals surface area contributed by atoms with Crippen LogP contribution in [0.25, 0.3) is 10.2 Å². The van der Waals surface area contributed by atoms with Crippen LogP contribution < -0.4 is 15.1 Å². The van der Waals surface area contributed by atoms with E-state index in [4.69, 9.17) is 9.97 Å². The summed E-state index contributed by atoms with van der Waals surface area (Å²) in [5.41, 5.74) is 0. The molecular weight excluding hydrogens is 505 g/mol. The van der Waals surface area contributed by atoms with Crippen molar-refractivity contribution in [3.63, 3.8) is 0 Å². The highest BCUT2D eigenvalue weighted by atomic mass is 32.1. The molecule has 3 aromatic heterocycles.